The molecule has 0 radical (unpaired) electrons. The van der Waals surface area contributed by atoms with Crippen LogP contribution < -0.4 is 10.2 Å². The molecule has 0 bridgehead atoms. The van der Waals surface area contributed by atoms with Gasteiger partial charge < -0.3 is 14.3 Å². The van der Waals surface area contributed by atoms with Gasteiger partial charge in [0.1, 0.15) is 22.5 Å². The summed E-state index contributed by atoms with van der Waals surface area (Å²) >= 11 is 0. The lowest BCUT2D eigenvalue weighted by Gasteiger charge is -2.07. The second kappa shape index (κ2) is 6.23. The van der Waals surface area contributed by atoms with Crippen LogP contribution >= 0.6 is 0 Å². The lowest BCUT2D eigenvalue weighted by atomic mass is 10.2. The minimum Gasteiger partial charge on any atom is -0.508 e. The molecule has 2 aromatic rings. The van der Waals surface area contributed by atoms with E-state index in [9.17, 15) is 14.7 Å². The molecule has 0 aliphatic carbocycles. The number of esters is 1. The molecule has 0 saturated heterocycles. The molecule has 1 aromatic carbocycles. The highest BCUT2D eigenvalue weighted by Crippen LogP contribution is 2.28. The molecule has 5 nitrogen and oxygen atoms in total. The third kappa shape index (κ3) is 3.17. The Morgan fingerprint density at radius 2 is 2.15 bits per heavy atom. The maximum Gasteiger partial charge on any atom is 0.311 e. The molecule has 0 amide bonds. The quantitative estimate of drug-likeness (QED) is 0.516. The average molecular weight is 276 g/mol. The van der Waals surface area contributed by atoms with Gasteiger partial charge in [-0.1, -0.05) is 19.8 Å². The lowest BCUT2D eigenvalue weighted by Crippen LogP contribution is -2.10. The highest BCUT2D eigenvalue weighted by atomic mass is 16.5. The van der Waals surface area contributed by atoms with Crippen LogP contribution in [-0.4, -0.2) is 11.1 Å². The zero-order valence-corrected chi connectivity index (χ0v) is 11.2. The van der Waals surface area contributed by atoms with Crippen LogP contribution in [0.25, 0.3) is 11.0 Å². The fraction of sp³-hybridized carbons (Fsp3) is 0.333. The number of rotatable bonds is 5. The minimum atomic E-state index is -0.423. The number of phenols is 1. The zero-order chi connectivity index (χ0) is 14.5. The maximum absolute atomic E-state index is 11.8. The SMILES string of the molecule is CCCCCC(=O)Oc1cc(O)cc2occc(=O)c12. The van der Waals surface area contributed by atoms with Crippen LogP contribution in [0.15, 0.2) is 33.7 Å². The standard InChI is InChI=1S/C15H16O5/c1-2-3-4-5-14(18)20-13-9-10(16)8-12-15(13)11(17)6-7-19-12/h6-9,16H,2-5H2,1H3. The Morgan fingerprint density at radius 1 is 1.35 bits per heavy atom. The molecule has 1 aromatic heterocycles. The van der Waals surface area contributed by atoms with Gasteiger partial charge in [-0.05, 0) is 6.42 Å². The Morgan fingerprint density at radius 3 is 2.90 bits per heavy atom. The van der Waals surface area contributed by atoms with E-state index in [1.54, 1.807) is 0 Å². The molecule has 0 fully saturated rings. The predicted molar refractivity (Wildman–Crippen MR) is 73.9 cm³/mol. The van der Waals surface area contributed by atoms with E-state index < -0.39 is 5.97 Å². The average Bonchev–Trinajstić information content (AvgIpc) is 2.38. The second-order valence-corrected chi connectivity index (χ2v) is 4.53. The molecule has 1 heterocycles. The first-order valence-electron chi connectivity index (χ1n) is 6.57. The van der Waals surface area contributed by atoms with Gasteiger partial charge in [0.15, 0.2) is 5.43 Å². The molecule has 5 heteroatoms. The van der Waals surface area contributed by atoms with Gasteiger partial charge in [0.25, 0.3) is 0 Å². The summed E-state index contributed by atoms with van der Waals surface area (Å²) < 4.78 is 10.3. The van der Waals surface area contributed by atoms with E-state index in [0.717, 1.165) is 19.3 Å². The second-order valence-electron chi connectivity index (χ2n) is 4.53. The van der Waals surface area contributed by atoms with Crippen molar-refractivity contribution < 1.29 is 19.1 Å². The third-order valence-electron chi connectivity index (χ3n) is 2.92. The number of fused-ring (bicyclic) bond motifs is 1. The molecular formula is C15H16O5. The fourth-order valence-corrected chi connectivity index (χ4v) is 1.94. The first-order chi connectivity index (χ1) is 9.61. The highest BCUT2D eigenvalue weighted by Gasteiger charge is 2.13. The maximum atomic E-state index is 11.8. The van der Waals surface area contributed by atoms with Gasteiger partial charge in [-0.15, -0.1) is 0 Å². The summed E-state index contributed by atoms with van der Waals surface area (Å²) in [7, 11) is 0. The number of ether oxygens (including phenoxy) is 1. The molecule has 1 N–H and O–H groups in total. The first-order valence-corrected chi connectivity index (χ1v) is 6.57. The number of hydrogen-bond donors (Lipinski definition) is 1. The van der Waals surface area contributed by atoms with Crippen LogP contribution in [0.1, 0.15) is 32.6 Å². The van der Waals surface area contributed by atoms with Crippen LogP contribution in [0.2, 0.25) is 0 Å². The smallest absolute Gasteiger partial charge is 0.311 e. The van der Waals surface area contributed by atoms with Crippen LogP contribution in [-0.2, 0) is 4.79 Å². The van der Waals surface area contributed by atoms with Crippen molar-refractivity contribution in [3.05, 3.63) is 34.7 Å². The Hall–Kier alpha value is -2.30. The molecule has 2 rings (SSSR count). The Bertz CT molecular complexity index is 672. The molecule has 0 spiro atoms. The third-order valence-corrected chi connectivity index (χ3v) is 2.92. The van der Waals surface area contributed by atoms with Crippen LogP contribution in [0.5, 0.6) is 11.5 Å². The topological polar surface area (TPSA) is 76.7 Å². The van der Waals surface area contributed by atoms with Gasteiger partial charge in [0.05, 0.1) is 6.26 Å². The van der Waals surface area contributed by atoms with Gasteiger partial charge in [-0.25, -0.2) is 0 Å². The molecule has 20 heavy (non-hydrogen) atoms. The monoisotopic (exact) mass is 276 g/mol. The number of carbonyl (C=O) groups is 1. The minimum absolute atomic E-state index is 0.0378. The van der Waals surface area contributed by atoms with E-state index in [4.69, 9.17) is 9.15 Å². The summed E-state index contributed by atoms with van der Waals surface area (Å²) in [5, 5.41) is 9.74. The highest BCUT2D eigenvalue weighted by molar-refractivity contribution is 5.87. The summed E-state index contributed by atoms with van der Waals surface area (Å²) in [6.07, 6.45) is 4.20. The molecule has 0 atom stereocenters. The molecule has 0 saturated carbocycles. The van der Waals surface area contributed by atoms with Crippen molar-refractivity contribution >= 4 is 16.9 Å². The number of benzene rings is 1. The number of hydrogen-bond acceptors (Lipinski definition) is 5. The van der Waals surface area contributed by atoms with E-state index in [1.807, 2.05) is 6.92 Å². The van der Waals surface area contributed by atoms with Crippen molar-refractivity contribution in [1.29, 1.82) is 0 Å². The Balaban J connectivity index is 2.29. The largest absolute Gasteiger partial charge is 0.508 e. The Labute approximate surface area is 115 Å². The summed E-state index contributed by atoms with van der Waals surface area (Å²) in [6, 6.07) is 3.80. The summed E-state index contributed by atoms with van der Waals surface area (Å²) in [5.41, 5.74) is -0.128. The van der Waals surface area contributed by atoms with Crippen molar-refractivity contribution in [1.82, 2.24) is 0 Å². The fourth-order valence-electron chi connectivity index (χ4n) is 1.94. The van der Waals surface area contributed by atoms with Crippen molar-refractivity contribution in [2.45, 2.75) is 32.6 Å². The number of carbonyl (C=O) groups excluding carboxylic acids is 1. The molecule has 0 unspecified atom stereocenters. The summed E-state index contributed by atoms with van der Waals surface area (Å²) in [5.74, 6) is -0.507. The van der Waals surface area contributed by atoms with Gasteiger partial charge >= 0.3 is 5.97 Å². The van der Waals surface area contributed by atoms with Crippen molar-refractivity contribution in [2.24, 2.45) is 0 Å². The summed E-state index contributed by atoms with van der Waals surface area (Å²) in [4.78, 5) is 23.5. The van der Waals surface area contributed by atoms with Gasteiger partial charge in [0.2, 0.25) is 0 Å². The molecule has 0 aliphatic rings. The van der Waals surface area contributed by atoms with Crippen molar-refractivity contribution in [3.63, 3.8) is 0 Å². The van der Waals surface area contributed by atoms with E-state index >= 15 is 0 Å². The van der Waals surface area contributed by atoms with Crippen LogP contribution in [0, 0.1) is 0 Å². The van der Waals surface area contributed by atoms with Crippen molar-refractivity contribution in [3.8, 4) is 11.5 Å². The van der Waals surface area contributed by atoms with Crippen LogP contribution in [0.3, 0.4) is 0 Å². The normalized spacial score (nSPS) is 10.7. The van der Waals surface area contributed by atoms with E-state index in [-0.39, 0.29) is 34.3 Å². The molecule has 0 aliphatic heterocycles. The van der Waals surface area contributed by atoms with Crippen LogP contribution in [0.4, 0.5) is 0 Å². The zero-order valence-electron chi connectivity index (χ0n) is 11.2. The number of aromatic hydroxyl groups is 1. The predicted octanol–water partition coefficient (Wildman–Crippen LogP) is 2.98. The van der Waals surface area contributed by atoms with Gasteiger partial charge in [-0.3, -0.25) is 9.59 Å². The Kier molecular flexibility index (Phi) is 4.40. The number of phenolic OH excluding ortho intramolecular Hbond substituents is 1. The summed E-state index contributed by atoms with van der Waals surface area (Å²) in [6.45, 7) is 2.04. The lowest BCUT2D eigenvalue weighted by molar-refractivity contribution is -0.134. The number of unbranched alkanes of at least 4 members (excludes halogenated alkanes) is 2. The molecular weight excluding hydrogens is 260 g/mol. The van der Waals surface area contributed by atoms with Gasteiger partial charge in [-0.2, -0.15) is 0 Å². The van der Waals surface area contributed by atoms with E-state index in [1.165, 1.54) is 24.5 Å². The van der Waals surface area contributed by atoms with Crippen molar-refractivity contribution in [2.75, 3.05) is 0 Å². The van der Waals surface area contributed by atoms with E-state index in [0.29, 0.717) is 0 Å². The first kappa shape index (κ1) is 14.1. The molecule has 106 valence electrons. The van der Waals surface area contributed by atoms with Gasteiger partial charge in [0, 0.05) is 24.6 Å². The van der Waals surface area contributed by atoms with E-state index in [2.05, 4.69) is 0 Å².